The largest absolute Gasteiger partial charge is 0.310 e. The highest BCUT2D eigenvalue weighted by molar-refractivity contribution is 6.09. The molecule has 0 aliphatic heterocycles. The molecule has 0 aliphatic rings. The molecule has 1 heteroatoms. The van der Waals surface area contributed by atoms with Crippen molar-refractivity contribution in [3.05, 3.63) is 249 Å². The summed E-state index contributed by atoms with van der Waals surface area (Å²) in [6.45, 7) is 0. The van der Waals surface area contributed by atoms with E-state index in [-0.39, 0.29) is 0 Å². The Kier molecular flexibility index (Phi) is 8.90. The first-order chi connectivity index (χ1) is 31.2. The van der Waals surface area contributed by atoms with Crippen LogP contribution in [-0.2, 0) is 0 Å². The van der Waals surface area contributed by atoms with Gasteiger partial charge in [-0.25, -0.2) is 0 Å². The lowest BCUT2D eigenvalue weighted by molar-refractivity contribution is 1.28. The molecule has 0 radical (unpaired) electrons. The molecular weight excluding hydrogens is 759 g/mol. The van der Waals surface area contributed by atoms with Gasteiger partial charge in [0.15, 0.2) is 0 Å². The lowest BCUT2D eigenvalue weighted by Crippen LogP contribution is -2.11. The number of fused-ring (bicyclic) bond motifs is 7. The second-order valence-electron chi connectivity index (χ2n) is 16.5. The summed E-state index contributed by atoms with van der Waals surface area (Å²) in [5.41, 5.74) is 12.7. The monoisotopic (exact) mass is 799 g/mol. The third-order valence-electron chi connectivity index (χ3n) is 12.8. The van der Waals surface area contributed by atoms with Gasteiger partial charge in [0.05, 0.1) is 5.69 Å². The van der Waals surface area contributed by atoms with Crippen LogP contribution < -0.4 is 4.90 Å². The molecule has 0 saturated heterocycles. The van der Waals surface area contributed by atoms with Crippen LogP contribution in [0.25, 0.3) is 98.4 Å². The maximum absolute atomic E-state index is 2.43. The molecule has 0 amide bonds. The van der Waals surface area contributed by atoms with Gasteiger partial charge in [0.1, 0.15) is 0 Å². The molecule has 0 aliphatic carbocycles. The smallest absolute Gasteiger partial charge is 0.0546 e. The summed E-state index contributed by atoms with van der Waals surface area (Å²) >= 11 is 0. The molecular formula is C62H41N. The van der Waals surface area contributed by atoms with Gasteiger partial charge in [0.2, 0.25) is 0 Å². The first-order valence-corrected chi connectivity index (χ1v) is 21.7. The van der Waals surface area contributed by atoms with Crippen LogP contribution in [0.3, 0.4) is 0 Å². The van der Waals surface area contributed by atoms with E-state index < -0.39 is 0 Å². The Morgan fingerprint density at radius 3 is 1.17 bits per heavy atom. The normalized spacial score (nSPS) is 11.5. The Balaban J connectivity index is 0.994. The van der Waals surface area contributed by atoms with Gasteiger partial charge in [-0.15, -0.1) is 0 Å². The van der Waals surface area contributed by atoms with E-state index in [0.717, 1.165) is 22.6 Å². The Morgan fingerprint density at radius 2 is 0.587 bits per heavy atom. The highest BCUT2D eigenvalue weighted by atomic mass is 15.1. The zero-order chi connectivity index (χ0) is 41.7. The standard InChI is InChI=1S/C62H41N/c1-2-11-45(12-3-1)61-37-30-52(51-21-18-42-10-4-5-15-48(42)38-51)41-62(61)63(55-31-24-43(25-32-55)49-28-35-59-53(39-49)22-19-46-13-6-8-16-57(46)59)56-33-26-44(27-34-56)50-29-36-60-54(40-50)23-20-47-14-7-9-17-58(47)60/h1-41H. The second kappa shape index (κ2) is 15.3. The topological polar surface area (TPSA) is 3.24 Å². The van der Waals surface area contributed by atoms with Crippen molar-refractivity contribution in [2.24, 2.45) is 0 Å². The fourth-order valence-electron chi connectivity index (χ4n) is 9.55. The van der Waals surface area contributed by atoms with Crippen molar-refractivity contribution in [2.75, 3.05) is 4.90 Å². The van der Waals surface area contributed by atoms with Crippen LogP contribution in [0, 0.1) is 0 Å². The Labute approximate surface area is 367 Å². The average Bonchev–Trinajstić information content (AvgIpc) is 3.36. The quantitative estimate of drug-likeness (QED) is 0.145. The van der Waals surface area contributed by atoms with Crippen LogP contribution in [0.1, 0.15) is 0 Å². The van der Waals surface area contributed by atoms with E-state index in [0.29, 0.717) is 0 Å². The molecule has 63 heavy (non-hydrogen) atoms. The third kappa shape index (κ3) is 6.68. The molecule has 12 aromatic rings. The van der Waals surface area contributed by atoms with E-state index in [1.807, 2.05) is 0 Å². The van der Waals surface area contributed by atoms with Gasteiger partial charge in [-0.3, -0.25) is 0 Å². The van der Waals surface area contributed by atoms with E-state index in [9.17, 15) is 0 Å². The SMILES string of the molecule is c1ccc(-c2ccc(-c3ccc4ccccc4c3)cc2N(c2ccc(-c3ccc4c(ccc5ccccc54)c3)cc2)c2ccc(-c3ccc4c(ccc5ccccc54)c3)cc2)cc1. The van der Waals surface area contributed by atoms with Gasteiger partial charge >= 0.3 is 0 Å². The molecule has 12 aromatic carbocycles. The van der Waals surface area contributed by atoms with Gasteiger partial charge < -0.3 is 4.90 Å². The number of anilines is 3. The molecule has 0 saturated carbocycles. The van der Waals surface area contributed by atoms with Crippen molar-refractivity contribution >= 4 is 70.9 Å². The molecule has 294 valence electrons. The zero-order valence-electron chi connectivity index (χ0n) is 34.6. The van der Waals surface area contributed by atoms with Crippen molar-refractivity contribution in [3.63, 3.8) is 0 Å². The zero-order valence-corrected chi connectivity index (χ0v) is 34.6. The Bertz CT molecular complexity index is 3500. The van der Waals surface area contributed by atoms with Gasteiger partial charge in [-0.2, -0.15) is 0 Å². The van der Waals surface area contributed by atoms with Crippen molar-refractivity contribution in [3.8, 4) is 44.5 Å². The van der Waals surface area contributed by atoms with E-state index in [2.05, 4.69) is 254 Å². The minimum Gasteiger partial charge on any atom is -0.310 e. The van der Waals surface area contributed by atoms with Crippen LogP contribution >= 0.6 is 0 Å². The van der Waals surface area contributed by atoms with Crippen molar-refractivity contribution < 1.29 is 0 Å². The molecule has 0 unspecified atom stereocenters. The van der Waals surface area contributed by atoms with Gasteiger partial charge in [0, 0.05) is 16.9 Å². The van der Waals surface area contributed by atoms with Crippen LogP contribution in [0.15, 0.2) is 249 Å². The van der Waals surface area contributed by atoms with Crippen molar-refractivity contribution in [2.45, 2.75) is 0 Å². The van der Waals surface area contributed by atoms with E-state index in [1.165, 1.54) is 92.8 Å². The van der Waals surface area contributed by atoms with Crippen LogP contribution in [0.5, 0.6) is 0 Å². The highest BCUT2D eigenvalue weighted by Crippen LogP contribution is 2.44. The van der Waals surface area contributed by atoms with E-state index >= 15 is 0 Å². The highest BCUT2D eigenvalue weighted by Gasteiger charge is 2.20. The Hall–Kier alpha value is -8.26. The second-order valence-corrected chi connectivity index (χ2v) is 16.5. The summed E-state index contributed by atoms with van der Waals surface area (Å²) in [5, 5.41) is 12.6. The fourth-order valence-corrected chi connectivity index (χ4v) is 9.55. The first-order valence-electron chi connectivity index (χ1n) is 21.7. The summed E-state index contributed by atoms with van der Waals surface area (Å²) < 4.78 is 0. The number of rotatable bonds is 7. The molecule has 0 aromatic heterocycles. The average molecular weight is 800 g/mol. The summed E-state index contributed by atoms with van der Waals surface area (Å²) in [6, 6.07) is 91.2. The van der Waals surface area contributed by atoms with Gasteiger partial charge in [-0.1, -0.05) is 200 Å². The van der Waals surface area contributed by atoms with E-state index in [1.54, 1.807) is 0 Å². The third-order valence-corrected chi connectivity index (χ3v) is 12.8. The van der Waals surface area contributed by atoms with Crippen molar-refractivity contribution in [1.82, 2.24) is 0 Å². The molecule has 0 bridgehead atoms. The van der Waals surface area contributed by atoms with Crippen molar-refractivity contribution in [1.29, 1.82) is 0 Å². The lowest BCUT2D eigenvalue weighted by Gasteiger charge is -2.29. The molecule has 0 fully saturated rings. The van der Waals surface area contributed by atoms with E-state index in [4.69, 9.17) is 0 Å². The van der Waals surface area contributed by atoms with Gasteiger partial charge in [-0.05, 0) is 141 Å². The molecule has 12 rings (SSSR count). The number of hydrogen-bond donors (Lipinski definition) is 0. The number of hydrogen-bond acceptors (Lipinski definition) is 1. The van der Waals surface area contributed by atoms with Crippen LogP contribution in [0.2, 0.25) is 0 Å². The summed E-state index contributed by atoms with van der Waals surface area (Å²) in [5.74, 6) is 0. The van der Waals surface area contributed by atoms with Crippen LogP contribution in [-0.4, -0.2) is 0 Å². The predicted molar refractivity (Wildman–Crippen MR) is 270 cm³/mol. The maximum Gasteiger partial charge on any atom is 0.0546 e. The summed E-state index contributed by atoms with van der Waals surface area (Å²) in [6.07, 6.45) is 0. The molecule has 0 atom stereocenters. The fraction of sp³-hybridized carbons (Fsp3) is 0. The summed E-state index contributed by atoms with van der Waals surface area (Å²) in [7, 11) is 0. The maximum atomic E-state index is 2.43. The lowest BCUT2D eigenvalue weighted by atomic mass is 9.95. The van der Waals surface area contributed by atoms with Gasteiger partial charge in [0.25, 0.3) is 0 Å². The molecule has 0 N–H and O–H groups in total. The molecule has 1 nitrogen and oxygen atoms in total. The minimum absolute atomic E-state index is 1.09. The first kappa shape index (κ1) is 36.6. The summed E-state index contributed by atoms with van der Waals surface area (Å²) in [4.78, 5) is 2.43. The predicted octanol–water partition coefficient (Wildman–Crippen LogP) is 17.6. The Morgan fingerprint density at radius 1 is 0.206 bits per heavy atom. The number of nitrogens with zero attached hydrogens (tertiary/aromatic N) is 1. The minimum atomic E-state index is 1.09. The number of benzene rings is 12. The molecule has 0 spiro atoms. The van der Waals surface area contributed by atoms with Crippen LogP contribution in [0.4, 0.5) is 17.1 Å². The molecule has 0 heterocycles.